The summed E-state index contributed by atoms with van der Waals surface area (Å²) in [5.74, 6) is 0. The number of anilines is 1. The van der Waals surface area contributed by atoms with Crippen molar-refractivity contribution < 1.29 is 4.92 Å². The van der Waals surface area contributed by atoms with Gasteiger partial charge in [0.2, 0.25) is 0 Å². The van der Waals surface area contributed by atoms with E-state index in [1.807, 2.05) is 6.92 Å². The summed E-state index contributed by atoms with van der Waals surface area (Å²) in [6, 6.07) is 6.60. The van der Waals surface area contributed by atoms with E-state index in [9.17, 15) is 10.1 Å². The van der Waals surface area contributed by atoms with E-state index in [0.717, 1.165) is 5.69 Å². The van der Waals surface area contributed by atoms with Crippen LogP contribution in [0.4, 0.5) is 11.4 Å². The van der Waals surface area contributed by atoms with Crippen molar-refractivity contribution in [1.82, 2.24) is 4.98 Å². The Morgan fingerprint density at radius 3 is 2.73 bits per heavy atom. The van der Waals surface area contributed by atoms with Crippen LogP contribution in [0, 0.1) is 17.0 Å². The minimum atomic E-state index is -0.477. The number of aryl methyl sites for hydroxylation is 1. The Morgan fingerprint density at radius 1 is 1.33 bits per heavy atom. The third-order valence-electron chi connectivity index (χ3n) is 2.20. The van der Waals surface area contributed by atoms with Crippen LogP contribution in [-0.2, 0) is 0 Å². The van der Waals surface area contributed by atoms with Crippen molar-refractivity contribution in [2.24, 2.45) is 0 Å². The fourth-order valence-corrected chi connectivity index (χ4v) is 1.51. The van der Waals surface area contributed by atoms with Crippen LogP contribution in [-0.4, -0.2) is 9.91 Å². The van der Waals surface area contributed by atoms with Gasteiger partial charge in [-0.1, -0.05) is 0 Å². The first kappa shape index (κ1) is 9.39. The van der Waals surface area contributed by atoms with Crippen LogP contribution >= 0.6 is 0 Å². The summed E-state index contributed by atoms with van der Waals surface area (Å²) in [6.07, 6.45) is 0. The number of rotatable bonds is 1. The Hall–Kier alpha value is -2.17. The SMILES string of the molecule is Cc1ccc2c([N+](=O)[O-])c(N)ccc2n1. The van der Waals surface area contributed by atoms with Crippen LogP contribution in [0.2, 0.25) is 0 Å². The Kier molecular flexibility index (Phi) is 2.00. The number of hydrogen-bond donors (Lipinski definition) is 1. The maximum atomic E-state index is 10.8. The lowest BCUT2D eigenvalue weighted by molar-refractivity contribution is -0.382. The van der Waals surface area contributed by atoms with Crippen molar-refractivity contribution in [2.75, 3.05) is 5.73 Å². The first-order valence-electron chi connectivity index (χ1n) is 4.40. The van der Waals surface area contributed by atoms with E-state index in [4.69, 9.17) is 5.73 Å². The molecule has 0 saturated heterocycles. The third kappa shape index (κ3) is 1.48. The summed E-state index contributed by atoms with van der Waals surface area (Å²) >= 11 is 0. The second-order valence-corrected chi connectivity index (χ2v) is 3.28. The van der Waals surface area contributed by atoms with Gasteiger partial charge in [0.25, 0.3) is 0 Å². The number of benzene rings is 1. The van der Waals surface area contributed by atoms with Gasteiger partial charge in [0, 0.05) is 5.69 Å². The number of nitrogens with two attached hydrogens (primary N) is 1. The molecule has 2 aromatic rings. The van der Waals surface area contributed by atoms with Crippen LogP contribution in [0.15, 0.2) is 24.3 Å². The Labute approximate surface area is 85.7 Å². The number of fused-ring (bicyclic) bond motifs is 1. The van der Waals surface area contributed by atoms with Gasteiger partial charge in [-0.05, 0) is 31.2 Å². The molecule has 1 heterocycles. The molecule has 0 amide bonds. The smallest absolute Gasteiger partial charge is 0.301 e. The zero-order chi connectivity index (χ0) is 11.0. The number of nitro groups is 1. The minimum absolute atomic E-state index is 0.0694. The number of hydrogen-bond acceptors (Lipinski definition) is 4. The second kappa shape index (κ2) is 3.20. The van der Waals surface area contributed by atoms with Crippen LogP contribution < -0.4 is 5.73 Å². The molecular formula is C10H9N3O2. The molecule has 5 nitrogen and oxygen atoms in total. The highest BCUT2D eigenvalue weighted by atomic mass is 16.6. The molecule has 0 aliphatic carbocycles. The van der Waals surface area contributed by atoms with E-state index in [1.54, 1.807) is 18.2 Å². The van der Waals surface area contributed by atoms with Gasteiger partial charge in [0.1, 0.15) is 5.69 Å². The number of pyridine rings is 1. The molecule has 0 aliphatic rings. The predicted octanol–water partition coefficient (Wildman–Crippen LogP) is 2.03. The zero-order valence-electron chi connectivity index (χ0n) is 8.10. The second-order valence-electron chi connectivity index (χ2n) is 3.28. The molecule has 0 radical (unpaired) electrons. The highest BCUT2D eigenvalue weighted by Crippen LogP contribution is 2.30. The molecule has 0 bridgehead atoms. The van der Waals surface area contributed by atoms with Gasteiger partial charge in [-0.25, -0.2) is 0 Å². The molecule has 0 spiro atoms. The monoisotopic (exact) mass is 203 g/mol. The van der Waals surface area contributed by atoms with E-state index in [-0.39, 0.29) is 11.4 Å². The van der Waals surface area contributed by atoms with E-state index in [0.29, 0.717) is 10.9 Å². The normalized spacial score (nSPS) is 10.5. The topological polar surface area (TPSA) is 82.0 Å². The molecule has 0 unspecified atom stereocenters. The molecule has 76 valence electrons. The van der Waals surface area contributed by atoms with Crippen molar-refractivity contribution in [3.8, 4) is 0 Å². The van der Waals surface area contributed by atoms with Crippen LogP contribution in [0.1, 0.15) is 5.69 Å². The molecule has 1 aromatic heterocycles. The van der Waals surface area contributed by atoms with Crippen molar-refractivity contribution in [3.63, 3.8) is 0 Å². The van der Waals surface area contributed by atoms with Gasteiger partial charge >= 0.3 is 5.69 Å². The molecule has 0 fully saturated rings. The lowest BCUT2D eigenvalue weighted by Crippen LogP contribution is -1.97. The Morgan fingerprint density at radius 2 is 2.07 bits per heavy atom. The van der Waals surface area contributed by atoms with Gasteiger partial charge in [0.15, 0.2) is 0 Å². The van der Waals surface area contributed by atoms with E-state index < -0.39 is 4.92 Å². The number of nitro benzene ring substituents is 1. The summed E-state index contributed by atoms with van der Waals surface area (Å²) in [5, 5.41) is 11.3. The summed E-state index contributed by atoms with van der Waals surface area (Å²) < 4.78 is 0. The van der Waals surface area contributed by atoms with Crippen LogP contribution in [0.3, 0.4) is 0 Å². The molecule has 2 rings (SSSR count). The highest BCUT2D eigenvalue weighted by molar-refractivity contribution is 5.93. The fourth-order valence-electron chi connectivity index (χ4n) is 1.51. The first-order valence-corrected chi connectivity index (χ1v) is 4.40. The average Bonchev–Trinajstić information content (AvgIpc) is 2.17. The van der Waals surface area contributed by atoms with Crippen molar-refractivity contribution in [2.45, 2.75) is 6.92 Å². The first-order chi connectivity index (χ1) is 7.09. The number of nitrogen functional groups attached to an aromatic ring is 1. The van der Waals surface area contributed by atoms with Crippen molar-refractivity contribution >= 4 is 22.3 Å². The largest absolute Gasteiger partial charge is 0.393 e. The average molecular weight is 203 g/mol. The van der Waals surface area contributed by atoms with E-state index in [1.165, 1.54) is 6.07 Å². The van der Waals surface area contributed by atoms with Gasteiger partial charge in [-0.3, -0.25) is 15.1 Å². The highest BCUT2D eigenvalue weighted by Gasteiger charge is 2.16. The summed E-state index contributed by atoms with van der Waals surface area (Å²) in [7, 11) is 0. The summed E-state index contributed by atoms with van der Waals surface area (Å²) in [5.41, 5.74) is 7.07. The standard InChI is InChI=1S/C10H9N3O2/c1-6-2-3-7-9(12-6)5-4-8(11)10(7)13(14)15/h2-5H,11H2,1H3. The number of nitrogens with zero attached hydrogens (tertiary/aromatic N) is 2. The van der Waals surface area contributed by atoms with Crippen molar-refractivity contribution in [1.29, 1.82) is 0 Å². The Balaban J connectivity index is 2.88. The van der Waals surface area contributed by atoms with Gasteiger partial charge < -0.3 is 5.73 Å². The van der Waals surface area contributed by atoms with Gasteiger partial charge in [-0.2, -0.15) is 0 Å². The fraction of sp³-hybridized carbons (Fsp3) is 0.100. The quantitative estimate of drug-likeness (QED) is 0.436. The maximum Gasteiger partial charge on any atom is 0.301 e. The lowest BCUT2D eigenvalue weighted by atomic mass is 10.1. The van der Waals surface area contributed by atoms with Gasteiger partial charge in [-0.15, -0.1) is 0 Å². The number of aromatic nitrogens is 1. The summed E-state index contributed by atoms with van der Waals surface area (Å²) in [4.78, 5) is 14.5. The van der Waals surface area contributed by atoms with Crippen molar-refractivity contribution in [3.05, 3.63) is 40.1 Å². The molecule has 1 aromatic carbocycles. The van der Waals surface area contributed by atoms with E-state index in [2.05, 4.69) is 4.98 Å². The molecule has 0 aliphatic heterocycles. The van der Waals surface area contributed by atoms with Crippen LogP contribution in [0.5, 0.6) is 0 Å². The predicted molar refractivity (Wildman–Crippen MR) is 57.5 cm³/mol. The van der Waals surface area contributed by atoms with Crippen LogP contribution in [0.25, 0.3) is 10.9 Å². The zero-order valence-corrected chi connectivity index (χ0v) is 8.10. The molecule has 0 saturated carbocycles. The molecule has 5 heteroatoms. The Bertz CT molecular complexity index is 552. The third-order valence-corrected chi connectivity index (χ3v) is 2.20. The lowest BCUT2D eigenvalue weighted by Gasteiger charge is -2.02. The van der Waals surface area contributed by atoms with Gasteiger partial charge in [0.05, 0.1) is 15.8 Å². The molecular weight excluding hydrogens is 194 g/mol. The minimum Gasteiger partial charge on any atom is -0.393 e. The maximum absolute atomic E-state index is 10.8. The molecule has 0 atom stereocenters. The summed E-state index contributed by atoms with van der Waals surface area (Å²) in [6.45, 7) is 1.83. The molecule has 2 N–H and O–H groups in total. The molecule has 15 heavy (non-hydrogen) atoms. The van der Waals surface area contributed by atoms with E-state index >= 15 is 0 Å².